The highest BCUT2D eigenvalue weighted by atomic mass is 32.2. The summed E-state index contributed by atoms with van der Waals surface area (Å²) in [6.07, 6.45) is 3.66. The second kappa shape index (κ2) is 6.37. The van der Waals surface area contributed by atoms with Gasteiger partial charge in [0.25, 0.3) is 0 Å². The van der Waals surface area contributed by atoms with Crippen molar-refractivity contribution in [2.24, 2.45) is 5.73 Å². The van der Waals surface area contributed by atoms with E-state index >= 15 is 0 Å². The number of rotatable bonds is 7. The topological polar surface area (TPSA) is 74.2 Å². The molecule has 5 nitrogen and oxygen atoms in total. The van der Waals surface area contributed by atoms with Gasteiger partial charge < -0.3 is 15.0 Å². The number of methoxy groups -OCH3 is 1. The van der Waals surface area contributed by atoms with Gasteiger partial charge in [-0.3, -0.25) is 0 Å². The van der Waals surface area contributed by atoms with E-state index in [0.717, 1.165) is 18.6 Å². The summed E-state index contributed by atoms with van der Waals surface area (Å²) in [7, 11) is 1.65. The van der Waals surface area contributed by atoms with E-state index in [-0.39, 0.29) is 6.04 Å². The Morgan fingerprint density at radius 1 is 1.59 bits per heavy atom. The summed E-state index contributed by atoms with van der Waals surface area (Å²) in [5.74, 6) is 2.04. The summed E-state index contributed by atoms with van der Waals surface area (Å²) in [5, 5.41) is 3.96. The highest BCUT2D eigenvalue weighted by molar-refractivity contribution is 7.98. The molecule has 0 aromatic carbocycles. The van der Waals surface area contributed by atoms with Gasteiger partial charge in [0, 0.05) is 7.11 Å². The molecule has 0 radical (unpaired) electrons. The van der Waals surface area contributed by atoms with Gasteiger partial charge in [-0.05, 0) is 31.8 Å². The summed E-state index contributed by atoms with van der Waals surface area (Å²) in [6, 6.07) is -0.193. The van der Waals surface area contributed by atoms with Crippen LogP contribution in [0, 0.1) is 0 Å². The molecule has 2 atom stereocenters. The van der Waals surface area contributed by atoms with Gasteiger partial charge in [-0.25, -0.2) is 0 Å². The van der Waals surface area contributed by atoms with Crippen molar-refractivity contribution >= 4 is 11.8 Å². The van der Waals surface area contributed by atoms with Gasteiger partial charge in [-0.2, -0.15) is 16.7 Å². The second-order valence-corrected chi connectivity index (χ2v) is 5.12. The third-order valence-electron chi connectivity index (χ3n) is 2.99. The van der Waals surface area contributed by atoms with Crippen LogP contribution in [-0.2, 0) is 10.3 Å². The number of aromatic nitrogens is 2. The highest BCUT2D eigenvalue weighted by Crippen LogP contribution is 2.26. The van der Waals surface area contributed by atoms with Crippen LogP contribution < -0.4 is 5.73 Å². The Morgan fingerprint density at radius 2 is 2.29 bits per heavy atom. The fourth-order valence-electron chi connectivity index (χ4n) is 1.36. The van der Waals surface area contributed by atoms with Crippen LogP contribution in [0.4, 0.5) is 0 Å². The van der Waals surface area contributed by atoms with E-state index in [1.54, 1.807) is 18.9 Å². The summed E-state index contributed by atoms with van der Waals surface area (Å²) in [6.45, 7) is 3.96. The van der Waals surface area contributed by atoms with E-state index in [0.29, 0.717) is 11.7 Å². The van der Waals surface area contributed by atoms with Crippen molar-refractivity contribution in [3.8, 4) is 0 Å². The molecule has 1 unspecified atom stereocenters. The predicted molar refractivity (Wildman–Crippen MR) is 68.9 cm³/mol. The van der Waals surface area contributed by atoms with Gasteiger partial charge >= 0.3 is 0 Å². The molecule has 0 aliphatic carbocycles. The lowest BCUT2D eigenvalue weighted by Crippen LogP contribution is -2.25. The Labute approximate surface area is 106 Å². The van der Waals surface area contributed by atoms with Crippen molar-refractivity contribution in [2.45, 2.75) is 38.3 Å². The number of nitrogens with zero attached hydrogens (tertiary/aromatic N) is 2. The molecule has 0 saturated heterocycles. The summed E-state index contributed by atoms with van der Waals surface area (Å²) < 4.78 is 10.6. The zero-order chi connectivity index (χ0) is 12.9. The molecule has 0 bridgehead atoms. The molecule has 1 aromatic rings. The number of thioether (sulfide) groups is 1. The molecule has 2 N–H and O–H groups in total. The van der Waals surface area contributed by atoms with E-state index < -0.39 is 5.60 Å². The van der Waals surface area contributed by atoms with Gasteiger partial charge in [0.15, 0.2) is 0 Å². The smallest absolute Gasteiger partial charge is 0.243 e. The molecule has 0 amide bonds. The third kappa shape index (κ3) is 3.43. The van der Waals surface area contributed by atoms with Gasteiger partial charge in [0.1, 0.15) is 5.60 Å². The molecule has 98 valence electrons. The average Bonchev–Trinajstić information content (AvgIpc) is 2.85. The van der Waals surface area contributed by atoms with Crippen molar-refractivity contribution in [2.75, 3.05) is 19.1 Å². The molecule has 17 heavy (non-hydrogen) atoms. The first kappa shape index (κ1) is 14.5. The summed E-state index contributed by atoms with van der Waals surface area (Å²) >= 11 is 1.75. The van der Waals surface area contributed by atoms with Crippen molar-refractivity contribution < 1.29 is 9.26 Å². The molecular formula is C11H21N3O2S. The van der Waals surface area contributed by atoms with Crippen molar-refractivity contribution in [1.82, 2.24) is 10.1 Å². The minimum absolute atomic E-state index is 0.193. The van der Waals surface area contributed by atoms with E-state index in [1.165, 1.54) is 0 Å². The van der Waals surface area contributed by atoms with E-state index in [9.17, 15) is 0 Å². The maximum Gasteiger partial charge on any atom is 0.243 e. The summed E-state index contributed by atoms with van der Waals surface area (Å²) in [5.41, 5.74) is 5.47. The quantitative estimate of drug-likeness (QED) is 0.808. The molecule has 1 rings (SSSR count). The maximum atomic E-state index is 5.97. The van der Waals surface area contributed by atoms with Crippen molar-refractivity contribution in [1.29, 1.82) is 0 Å². The minimum Gasteiger partial charge on any atom is -0.370 e. The van der Waals surface area contributed by atoms with Gasteiger partial charge in [-0.15, -0.1) is 0 Å². The number of hydrogen-bond acceptors (Lipinski definition) is 6. The largest absolute Gasteiger partial charge is 0.370 e. The lowest BCUT2D eigenvalue weighted by atomic mass is 10.0. The van der Waals surface area contributed by atoms with Crippen LogP contribution in [0.1, 0.15) is 44.4 Å². The Balaban J connectivity index is 2.77. The summed E-state index contributed by atoms with van der Waals surface area (Å²) in [4.78, 5) is 4.34. The lowest BCUT2D eigenvalue weighted by Gasteiger charge is -2.21. The average molecular weight is 259 g/mol. The lowest BCUT2D eigenvalue weighted by molar-refractivity contribution is -0.0106. The van der Waals surface area contributed by atoms with Crippen molar-refractivity contribution in [3.63, 3.8) is 0 Å². The van der Waals surface area contributed by atoms with Gasteiger partial charge in [0.05, 0.1) is 6.04 Å². The molecular weight excluding hydrogens is 238 g/mol. The van der Waals surface area contributed by atoms with Crippen LogP contribution in [0.2, 0.25) is 0 Å². The molecule has 0 spiro atoms. The zero-order valence-electron chi connectivity index (χ0n) is 10.9. The first-order valence-corrected chi connectivity index (χ1v) is 7.10. The second-order valence-electron chi connectivity index (χ2n) is 4.13. The fraction of sp³-hybridized carbons (Fsp3) is 0.818. The molecule has 0 aliphatic rings. The minimum atomic E-state index is -0.499. The normalized spacial score (nSPS) is 16.8. The SMILES string of the molecule is CCC(C)(OC)c1noc([C@@H](N)CCSC)n1. The molecule has 0 fully saturated rings. The monoisotopic (exact) mass is 259 g/mol. The molecule has 0 saturated carbocycles. The van der Waals surface area contributed by atoms with Crippen LogP contribution in [0.3, 0.4) is 0 Å². The van der Waals surface area contributed by atoms with Gasteiger partial charge in [-0.1, -0.05) is 12.1 Å². The van der Waals surface area contributed by atoms with Crippen LogP contribution in [-0.4, -0.2) is 29.3 Å². The van der Waals surface area contributed by atoms with E-state index in [2.05, 4.69) is 10.1 Å². The fourth-order valence-corrected chi connectivity index (χ4v) is 1.85. The van der Waals surface area contributed by atoms with E-state index in [4.69, 9.17) is 15.0 Å². The Morgan fingerprint density at radius 3 is 2.82 bits per heavy atom. The molecule has 1 heterocycles. The molecule has 0 aliphatic heterocycles. The number of hydrogen-bond donors (Lipinski definition) is 1. The number of nitrogens with two attached hydrogens (primary N) is 1. The Bertz CT molecular complexity index is 339. The van der Waals surface area contributed by atoms with Crippen molar-refractivity contribution in [3.05, 3.63) is 11.7 Å². The van der Waals surface area contributed by atoms with Crippen LogP contribution in [0.5, 0.6) is 0 Å². The standard InChI is InChI=1S/C11H21N3O2S/c1-5-11(2,15-3)10-13-9(16-14-10)8(12)6-7-17-4/h8H,5-7,12H2,1-4H3/t8-,11?/m0/s1. The zero-order valence-corrected chi connectivity index (χ0v) is 11.7. The van der Waals surface area contributed by atoms with Gasteiger partial charge in [0.2, 0.25) is 11.7 Å². The van der Waals surface area contributed by atoms with Crippen LogP contribution in [0.15, 0.2) is 4.52 Å². The van der Waals surface area contributed by atoms with Crippen LogP contribution in [0.25, 0.3) is 0 Å². The molecule has 6 heteroatoms. The van der Waals surface area contributed by atoms with E-state index in [1.807, 2.05) is 20.1 Å². The third-order valence-corrected chi connectivity index (χ3v) is 3.63. The first-order valence-electron chi connectivity index (χ1n) is 5.71. The maximum absolute atomic E-state index is 5.97. The highest BCUT2D eigenvalue weighted by Gasteiger charge is 2.30. The first-order chi connectivity index (χ1) is 8.07. The Hall–Kier alpha value is -0.590. The predicted octanol–water partition coefficient (Wildman–Crippen LogP) is 2.09. The number of ether oxygens (including phenoxy) is 1. The molecule has 1 aromatic heterocycles. The van der Waals surface area contributed by atoms with Crippen LogP contribution >= 0.6 is 11.8 Å². The Kier molecular flexibility index (Phi) is 5.42.